The molecule has 0 atom stereocenters. The zero-order chi connectivity index (χ0) is 2.71. The van der Waals surface area contributed by atoms with Crippen molar-refractivity contribution in [3.05, 3.63) is 0 Å². The maximum Gasteiger partial charge on any atom is 4.00 e. The van der Waals surface area contributed by atoms with Gasteiger partial charge in [0.1, 0.15) is 0 Å². The van der Waals surface area contributed by atoms with Crippen LogP contribution >= 0.6 is 0 Å². The van der Waals surface area contributed by atoms with Gasteiger partial charge in [-0.2, -0.15) is 0 Å². The standard InChI is InChI=1S/4O.Ti.W/q;;2*-2;+4;. The van der Waals surface area contributed by atoms with Crippen molar-refractivity contribution >= 4 is 0 Å². The first kappa shape index (κ1) is 28.4. The summed E-state index contributed by atoms with van der Waals surface area (Å²) in [7, 11) is 0. The molecule has 34 valence electrons. The summed E-state index contributed by atoms with van der Waals surface area (Å²) in [5, 5.41) is 0. The second kappa shape index (κ2) is 38.8. The van der Waals surface area contributed by atoms with E-state index in [4.69, 9.17) is 6.80 Å². The summed E-state index contributed by atoms with van der Waals surface area (Å²) in [6.45, 7) is 0. The predicted molar refractivity (Wildman–Crippen MR) is 2.75 cm³/mol. The fourth-order valence-electron chi connectivity index (χ4n) is 0. The number of rotatable bonds is 0. The third-order valence-corrected chi connectivity index (χ3v) is 0. The van der Waals surface area contributed by atoms with Crippen LogP contribution in [-0.4, -0.2) is 0 Å². The molecular weight excluding hydrogens is 296 g/mol. The molecule has 6 heteroatoms. The van der Waals surface area contributed by atoms with Gasteiger partial charge in [0.05, 0.1) is 0 Å². The maximum absolute atomic E-state index is 8.54. The Bertz CT molecular complexity index is 28.5. The van der Waals surface area contributed by atoms with E-state index < -0.39 is 18.5 Å². The van der Waals surface area contributed by atoms with Crippen LogP contribution in [0.2, 0.25) is 0 Å². The van der Waals surface area contributed by atoms with Crippen molar-refractivity contribution < 1.29 is 58.0 Å². The molecule has 0 amide bonds. The van der Waals surface area contributed by atoms with Gasteiger partial charge in [0.2, 0.25) is 0 Å². The molecule has 0 aliphatic carbocycles. The van der Waals surface area contributed by atoms with E-state index in [0.717, 1.165) is 0 Å². The van der Waals surface area contributed by atoms with Gasteiger partial charge in [-0.15, -0.1) is 0 Å². The Morgan fingerprint density at radius 1 is 1.00 bits per heavy atom. The van der Waals surface area contributed by atoms with Gasteiger partial charge in [0.15, 0.2) is 0 Å². The fraction of sp³-hybridized carbons (Fsp3) is 0. The molecule has 0 N–H and O–H groups in total. The quantitative estimate of drug-likeness (QED) is 0.565. The zero-order valence-corrected chi connectivity index (χ0v) is 7.04. The van der Waals surface area contributed by atoms with E-state index in [0.29, 0.717) is 0 Å². The van der Waals surface area contributed by atoms with Crippen molar-refractivity contribution in [2.75, 3.05) is 0 Å². The van der Waals surface area contributed by atoms with Crippen molar-refractivity contribution in [1.82, 2.24) is 0 Å². The minimum Gasteiger partial charge on any atom is 4.00 e. The van der Waals surface area contributed by atoms with Crippen molar-refractivity contribution in [2.45, 2.75) is 0 Å². The van der Waals surface area contributed by atoms with Crippen LogP contribution in [0.25, 0.3) is 0 Å². The Morgan fingerprint density at radius 2 is 1.00 bits per heavy atom. The van der Waals surface area contributed by atoms with E-state index in [1.54, 1.807) is 0 Å². The molecule has 0 aromatic carbocycles. The predicted octanol–water partition coefficient (Wildman–Crippen LogP) is -0.480. The molecule has 0 saturated heterocycles. The summed E-state index contributed by atoms with van der Waals surface area (Å²) >= 11 is -2.25. The maximum atomic E-state index is 8.54. The molecule has 0 spiro atoms. The van der Waals surface area contributed by atoms with Gasteiger partial charge in [-0.25, -0.2) is 0 Å². The molecule has 0 unspecified atom stereocenters. The largest absolute Gasteiger partial charge is 4.00 e. The van der Waals surface area contributed by atoms with Gasteiger partial charge in [-0.3, -0.25) is 0 Å². The zero-order valence-electron chi connectivity index (χ0n) is 2.54. The van der Waals surface area contributed by atoms with E-state index in [1.807, 2.05) is 0 Å². The van der Waals surface area contributed by atoms with Crippen molar-refractivity contribution in [3.63, 3.8) is 0 Å². The molecule has 0 aliphatic rings. The summed E-state index contributed by atoms with van der Waals surface area (Å²) in [5.41, 5.74) is 0. The van der Waals surface area contributed by atoms with Crippen molar-refractivity contribution in [1.29, 1.82) is 0 Å². The minimum absolute atomic E-state index is 0. The first-order valence-electron chi connectivity index (χ1n) is 0.333. The molecule has 0 rings (SSSR count). The number of hydrogen-bond acceptors (Lipinski definition) is 2. The SMILES string of the molecule is [O-2].[O-2].[O]=[W]=[O].[Ti+4]. The molecule has 0 radical (unpaired) electrons. The van der Waals surface area contributed by atoms with Gasteiger partial charge >= 0.3 is 47.0 Å². The summed E-state index contributed by atoms with van der Waals surface area (Å²) in [6, 6.07) is 0. The molecule has 0 aromatic heterocycles. The summed E-state index contributed by atoms with van der Waals surface area (Å²) in [5.74, 6) is 0. The summed E-state index contributed by atoms with van der Waals surface area (Å²) in [6.07, 6.45) is 0. The van der Waals surface area contributed by atoms with Crippen LogP contribution in [0.3, 0.4) is 0 Å². The topological polar surface area (TPSA) is 91.1 Å². The summed E-state index contributed by atoms with van der Waals surface area (Å²) in [4.78, 5) is 0. The fourth-order valence-corrected chi connectivity index (χ4v) is 0. The third kappa shape index (κ3) is 89.0. The van der Waals surface area contributed by atoms with Crippen LogP contribution < -0.4 is 0 Å². The molecule has 0 bridgehead atoms. The molecule has 6 heavy (non-hydrogen) atoms. The van der Waals surface area contributed by atoms with Gasteiger partial charge < -0.3 is 11.0 Å². The van der Waals surface area contributed by atoms with Gasteiger partial charge in [0, 0.05) is 0 Å². The van der Waals surface area contributed by atoms with E-state index in [9.17, 15) is 0 Å². The van der Waals surface area contributed by atoms with Gasteiger partial charge in [-0.05, 0) is 0 Å². The minimum atomic E-state index is -2.25. The molecule has 0 aromatic rings. The third-order valence-electron chi connectivity index (χ3n) is 0. The van der Waals surface area contributed by atoms with Crippen LogP contribution in [0.5, 0.6) is 0 Å². The molecular formula is O4TiW. The van der Waals surface area contributed by atoms with Crippen LogP contribution in [0.1, 0.15) is 0 Å². The van der Waals surface area contributed by atoms with Crippen LogP contribution in [0.4, 0.5) is 0 Å². The molecule has 4 nitrogen and oxygen atoms in total. The second-order valence-electron chi connectivity index (χ2n) is 0.0680. The smallest absolute Gasteiger partial charge is 4.00 e. The van der Waals surface area contributed by atoms with Crippen LogP contribution in [-0.2, 0) is 58.0 Å². The van der Waals surface area contributed by atoms with Gasteiger partial charge in [-0.1, -0.05) is 0 Å². The van der Waals surface area contributed by atoms with E-state index in [1.165, 1.54) is 0 Å². The van der Waals surface area contributed by atoms with Gasteiger partial charge in [0.25, 0.3) is 0 Å². The first-order chi connectivity index (χ1) is 1.41. The molecule has 0 aliphatic heterocycles. The summed E-state index contributed by atoms with van der Waals surface area (Å²) < 4.78 is 17.1. The van der Waals surface area contributed by atoms with E-state index in [2.05, 4.69) is 0 Å². The Balaban J connectivity index is -0.00000000667. The van der Waals surface area contributed by atoms with Crippen LogP contribution in [0.15, 0.2) is 0 Å². The second-order valence-corrected chi connectivity index (χ2v) is 0.557. The Hall–Kier alpha value is 0.923. The van der Waals surface area contributed by atoms with E-state index >= 15 is 0 Å². The van der Waals surface area contributed by atoms with Crippen molar-refractivity contribution in [2.24, 2.45) is 0 Å². The van der Waals surface area contributed by atoms with Crippen LogP contribution in [0, 0.1) is 0 Å². The first-order valence-corrected chi connectivity index (χ1v) is 2.73. The Kier molecular flexibility index (Phi) is 184. The monoisotopic (exact) mass is 296 g/mol. The molecule has 0 fully saturated rings. The normalized spacial score (nSPS) is 2.00. The van der Waals surface area contributed by atoms with Crippen molar-refractivity contribution in [3.8, 4) is 0 Å². The Morgan fingerprint density at radius 3 is 1.00 bits per heavy atom. The number of hydrogen-bond donors (Lipinski definition) is 0. The Labute approximate surface area is 58.0 Å². The van der Waals surface area contributed by atoms with E-state index in [-0.39, 0.29) is 32.7 Å². The molecule has 0 heterocycles. The average molecular weight is 296 g/mol. The average Bonchev–Trinajstić information content (AvgIpc) is 0.918. The molecule has 0 saturated carbocycles.